The van der Waals surface area contributed by atoms with Gasteiger partial charge in [-0.25, -0.2) is 8.78 Å². The first kappa shape index (κ1) is 25.4. The molecular formula is C29H23F2N5OS. The van der Waals surface area contributed by atoms with Gasteiger partial charge in [0.05, 0.1) is 24.7 Å². The van der Waals surface area contributed by atoms with Crippen LogP contribution in [0.3, 0.4) is 0 Å². The van der Waals surface area contributed by atoms with Crippen molar-refractivity contribution in [3.05, 3.63) is 124 Å². The average molecular weight is 528 g/mol. The average Bonchev–Trinajstić information content (AvgIpc) is 3.63. The van der Waals surface area contributed by atoms with E-state index in [1.807, 2.05) is 30.3 Å². The Kier molecular flexibility index (Phi) is 7.61. The number of hydrogen-bond donors (Lipinski definition) is 0. The molecule has 1 aromatic heterocycles. The highest BCUT2D eigenvalue weighted by Gasteiger charge is 2.22. The van der Waals surface area contributed by atoms with E-state index in [0.29, 0.717) is 23.5 Å². The normalized spacial score (nSPS) is 12.7. The zero-order valence-electron chi connectivity index (χ0n) is 20.3. The summed E-state index contributed by atoms with van der Waals surface area (Å²) in [7, 11) is 0. The molecule has 0 radical (unpaired) electrons. The van der Waals surface area contributed by atoms with Crippen LogP contribution in [-0.4, -0.2) is 31.3 Å². The lowest BCUT2D eigenvalue weighted by molar-refractivity contribution is 0.0722. The summed E-state index contributed by atoms with van der Waals surface area (Å²) in [5, 5.41) is 19.4. The summed E-state index contributed by atoms with van der Waals surface area (Å²) < 4.78 is 30.0. The highest BCUT2D eigenvalue weighted by molar-refractivity contribution is 8.02. The van der Waals surface area contributed by atoms with Crippen LogP contribution in [0.1, 0.15) is 44.9 Å². The van der Waals surface area contributed by atoms with Gasteiger partial charge < -0.3 is 9.47 Å². The lowest BCUT2D eigenvalue weighted by atomic mass is 10.0. The molecule has 0 fully saturated rings. The second kappa shape index (κ2) is 11.4. The Bertz CT molecular complexity index is 1540. The highest BCUT2D eigenvalue weighted by Crippen LogP contribution is 2.31. The summed E-state index contributed by atoms with van der Waals surface area (Å²) >= 11 is 1.75. The van der Waals surface area contributed by atoms with Gasteiger partial charge in [-0.15, -0.1) is 22.0 Å². The SMILES string of the molecule is N#Cc1ccc(Cn2cnnc2CN(Cc2ccc(F)cc2F)C(=O)c2cccc(C3=CSCC3)c2)cc1. The molecule has 0 bridgehead atoms. The Labute approximate surface area is 223 Å². The fourth-order valence-corrected chi connectivity index (χ4v) is 5.19. The molecule has 4 aromatic rings. The maximum absolute atomic E-state index is 14.6. The van der Waals surface area contributed by atoms with E-state index in [1.54, 1.807) is 40.9 Å². The van der Waals surface area contributed by atoms with Gasteiger partial charge in [-0.1, -0.05) is 30.3 Å². The molecule has 3 aromatic carbocycles. The van der Waals surface area contributed by atoms with E-state index < -0.39 is 11.6 Å². The number of amides is 1. The first-order valence-electron chi connectivity index (χ1n) is 12.0. The number of hydrogen-bond acceptors (Lipinski definition) is 5. The van der Waals surface area contributed by atoms with Gasteiger partial charge in [0.25, 0.3) is 5.91 Å². The molecule has 5 rings (SSSR count). The number of thioether (sulfide) groups is 1. The number of benzene rings is 3. The lowest BCUT2D eigenvalue weighted by Gasteiger charge is -2.23. The fraction of sp³-hybridized carbons (Fsp3) is 0.172. The third kappa shape index (κ3) is 5.82. The minimum atomic E-state index is -0.719. The van der Waals surface area contributed by atoms with Gasteiger partial charge in [-0.05, 0) is 58.9 Å². The molecule has 0 saturated carbocycles. The van der Waals surface area contributed by atoms with Crippen LogP contribution in [0.4, 0.5) is 8.78 Å². The minimum Gasteiger partial charge on any atom is -0.327 e. The Morgan fingerprint density at radius 3 is 2.66 bits per heavy atom. The standard InChI is InChI=1S/C29H23F2N5OS/c30-26-9-8-24(27(31)13-26)16-35(29(37)23-3-1-2-22(12-23)25-10-11-38-18-25)17-28-34-33-19-36(28)15-21-6-4-20(14-32)5-7-21/h1-9,12-13,18-19H,10-11,15-17H2. The van der Waals surface area contributed by atoms with Gasteiger partial charge >= 0.3 is 0 Å². The number of nitrogens with zero attached hydrogens (tertiary/aromatic N) is 5. The first-order chi connectivity index (χ1) is 18.5. The van der Waals surface area contributed by atoms with E-state index in [4.69, 9.17) is 5.26 Å². The van der Waals surface area contributed by atoms with Crippen LogP contribution in [0.5, 0.6) is 0 Å². The summed E-state index contributed by atoms with van der Waals surface area (Å²) in [6, 6.07) is 20.0. The number of aromatic nitrogens is 3. The molecule has 190 valence electrons. The molecule has 0 unspecified atom stereocenters. The van der Waals surface area contributed by atoms with E-state index >= 15 is 0 Å². The van der Waals surface area contributed by atoms with Crippen molar-refractivity contribution in [1.82, 2.24) is 19.7 Å². The Morgan fingerprint density at radius 1 is 1.08 bits per heavy atom. The quantitative estimate of drug-likeness (QED) is 0.290. The van der Waals surface area contributed by atoms with Crippen LogP contribution < -0.4 is 0 Å². The molecule has 0 spiro atoms. The lowest BCUT2D eigenvalue weighted by Crippen LogP contribution is -2.32. The number of nitriles is 1. The highest BCUT2D eigenvalue weighted by atomic mass is 32.2. The van der Waals surface area contributed by atoms with E-state index in [1.165, 1.54) is 22.6 Å². The van der Waals surface area contributed by atoms with E-state index in [0.717, 1.165) is 29.4 Å². The summed E-state index contributed by atoms with van der Waals surface area (Å²) in [4.78, 5) is 15.3. The predicted octanol–water partition coefficient (Wildman–Crippen LogP) is 5.80. The molecular weight excluding hydrogens is 504 g/mol. The third-order valence-electron chi connectivity index (χ3n) is 6.32. The number of halogens is 2. The zero-order valence-corrected chi connectivity index (χ0v) is 21.2. The van der Waals surface area contributed by atoms with Crippen molar-refractivity contribution in [3.63, 3.8) is 0 Å². The van der Waals surface area contributed by atoms with Crippen LogP contribution in [0.15, 0.2) is 78.5 Å². The molecule has 0 aliphatic carbocycles. The second-order valence-electron chi connectivity index (χ2n) is 8.93. The van der Waals surface area contributed by atoms with Crippen molar-refractivity contribution in [2.45, 2.75) is 26.1 Å². The zero-order chi connectivity index (χ0) is 26.5. The van der Waals surface area contributed by atoms with Crippen molar-refractivity contribution in [2.75, 3.05) is 5.75 Å². The minimum absolute atomic E-state index is 0.0642. The van der Waals surface area contributed by atoms with Crippen LogP contribution in [0, 0.1) is 23.0 Å². The maximum Gasteiger partial charge on any atom is 0.254 e. The molecule has 6 nitrogen and oxygen atoms in total. The van der Waals surface area contributed by atoms with Gasteiger partial charge in [-0.3, -0.25) is 4.79 Å². The number of allylic oxidation sites excluding steroid dienone is 1. The Balaban J connectivity index is 1.44. The summed E-state index contributed by atoms with van der Waals surface area (Å²) in [6.45, 7) is 0.425. The first-order valence-corrected chi connectivity index (χ1v) is 13.0. The van der Waals surface area contributed by atoms with Crippen molar-refractivity contribution in [2.24, 2.45) is 0 Å². The number of rotatable bonds is 8. The van der Waals surface area contributed by atoms with Gasteiger partial charge in [-0.2, -0.15) is 5.26 Å². The molecule has 0 saturated heterocycles. The third-order valence-corrected chi connectivity index (χ3v) is 7.21. The van der Waals surface area contributed by atoms with Gasteiger partial charge in [0, 0.05) is 29.5 Å². The predicted molar refractivity (Wildman–Crippen MR) is 142 cm³/mol. The van der Waals surface area contributed by atoms with Crippen LogP contribution in [0.2, 0.25) is 0 Å². The molecule has 2 heterocycles. The molecule has 1 amide bonds. The fourth-order valence-electron chi connectivity index (χ4n) is 4.27. The van der Waals surface area contributed by atoms with Crippen molar-refractivity contribution >= 4 is 23.2 Å². The largest absolute Gasteiger partial charge is 0.327 e. The van der Waals surface area contributed by atoms with Crippen LogP contribution in [-0.2, 0) is 19.6 Å². The number of carbonyl (C=O) groups excluding carboxylic acids is 1. The monoisotopic (exact) mass is 527 g/mol. The number of carbonyl (C=O) groups is 1. The molecule has 38 heavy (non-hydrogen) atoms. The molecule has 1 aliphatic heterocycles. The topological polar surface area (TPSA) is 74.8 Å². The van der Waals surface area contributed by atoms with Gasteiger partial charge in [0.15, 0.2) is 5.82 Å². The Hall–Kier alpha value is -4.29. The summed E-state index contributed by atoms with van der Waals surface area (Å²) in [6.07, 6.45) is 2.50. The van der Waals surface area contributed by atoms with Crippen molar-refractivity contribution in [1.29, 1.82) is 5.26 Å². The van der Waals surface area contributed by atoms with Crippen molar-refractivity contribution in [3.8, 4) is 6.07 Å². The van der Waals surface area contributed by atoms with E-state index in [2.05, 4.69) is 21.7 Å². The molecule has 0 atom stereocenters. The molecule has 0 N–H and O–H groups in total. The summed E-state index contributed by atoms with van der Waals surface area (Å²) in [5.41, 5.74) is 4.33. The molecule has 9 heteroatoms. The van der Waals surface area contributed by atoms with Crippen molar-refractivity contribution < 1.29 is 13.6 Å². The smallest absolute Gasteiger partial charge is 0.254 e. The van der Waals surface area contributed by atoms with E-state index in [-0.39, 0.29) is 24.6 Å². The van der Waals surface area contributed by atoms with Gasteiger partial charge in [0.2, 0.25) is 0 Å². The summed E-state index contributed by atoms with van der Waals surface area (Å²) in [5.74, 6) is -0.172. The van der Waals surface area contributed by atoms with Crippen LogP contribution >= 0.6 is 11.8 Å². The van der Waals surface area contributed by atoms with Crippen LogP contribution in [0.25, 0.3) is 5.57 Å². The molecule has 1 aliphatic rings. The van der Waals surface area contributed by atoms with Gasteiger partial charge in [0.1, 0.15) is 18.0 Å². The Morgan fingerprint density at radius 2 is 1.92 bits per heavy atom. The van der Waals surface area contributed by atoms with E-state index in [9.17, 15) is 13.6 Å². The maximum atomic E-state index is 14.6. The second-order valence-corrected chi connectivity index (χ2v) is 9.90.